The van der Waals surface area contributed by atoms with Crippen molar-refractivity contribution < 1.29 is 103 Å². The third-order valence-corrected chi connectivity index (χ3v) is 8.61. The van der Waals surface area contributed by atoms with E-state index in [9.17, 15) is 74.4 Å². The average molecular weight is 899 g/mol. The van der Waals surface area contributed by atoms with Crippen LogP contribution in [0.4, 0.5) is 0 Å². The van der Waals surface area contributed by atoms with Gasteiger partial charge >= 0.3 is 41.8 Å². The van der Waals surface area contributed by atoms with Crippen molar-refractivity contribution in [2.24, 2.45) is 10.8 Å². The Balaban J connectivity index is 10.4. The molecule has 0 amide bonds. The van der Waals surface area contributed by atoms with Gasteiger partial charge in [-0.15, -0.1) is 0 Å². The number of carbonyl (C=O) groups excluding carboxylic acids is 6. The van der Waals surface area contributed by atoms with E-state index in [4.69, 9.17) is 28.4 Å². The first-order valence-electron chi connectivity index (χ1n) is 19.0. The summed E-state index contributed by atoms with van der Waals surface area (Å²) in [5.41, 5.74) is -13.9. The van der Waals surface area contributed by atoms with Crippen molar-refractivity contribution in [1.29, 1.82) is 0 Å². The molecule has 0 aliphatic heterocycles. The van der Waals surface area contributed by atoms with Gasteiger partial charge in [0.15, 0.2) is 0 Å². The zero-order chi connectivity index (χ0) is 48.6. The highest BCUT2D eigenvalue weighted by atomic mass is 16.6. The fourth-order valence-corrected chi connectivity index (χ4v) is 5.84. The molecule has 0 radical (unpaired) electrons. The molecular formula is C42H58O21. The molecule has 1 unspecified atom stereocenters. The maximum atomic E-state index is 14.1. The molecule has 21 nitrogen and oxygen atoms in total. The highest BCUT2D eigenvalue weighted by molar-refractivity contribution is 5.96. The van der Waals surface area contributed by atoms with Crippen LogP contribution in [0.5, 0.6) is 0 Å². The number of carboxylic acid groups (broad SMARTS) is 1. The molecule has 0 rings (SSSR count). The molecule has 0 aliphatic rings. The lowest BCUT2D eigenvalue weighted by Crippen LogP contribution is -2.58. The molecule has 0 aliphatic carbocycles. The average Bonchev–Trinajstić information content (AvgIpc) is 3.25. The van der Waals surface area contributed by atoms with Crippen molar-refractivity contribution in [3.63, 3.8) is 0 Å². The number of carboxylic acids is 1. The number of rotatable bonds is 28. The van der Waals surface area contributed by atoms with E-state index < -0.39 is 177 Å². The van der Waals surface area contributed by atoms with E-state index in [1.165, 1.54) is 0 Å². The second kappa shape index (κ2) is 28.0. The van der Waals surface area contributed by atoms with Gasteiger partial charge in [0.25, 0.3) is 0 Å². The summed E-state index contributed by atoms with van der Waals surface area (Å²) in [5, 5.41) is 81.4. The van der Waals surface area contributed by atoms with Gasteiger partial charge in [0.2, 0.25) is 0 Å². The summed E-state index contributed by atoms with van der Waals surface area (Å²) in [6.07, 6.45) is 4.62. The molecule has 0 spiro atoms. The van der Waals surface area contributed by atoms with Crippen LogP contribution in [0.3, 0.4) is 0 Å². The highest BCUT2D eigenvalue weighted by Gasteiger charge is 2.61. The van der Waals surface area contributed by atoms with Crippen molar-refractivity contribution in [2.75, 3.05) is 79.3 Å². The van der Waals surface area contributed by atoms with Gasteiger partial charge in [0.1, 0.15) is 45.2 Å². The van der Waals surface area contributed by atoms with Gasteiger partial charge in [-0.05, 0) is 47.6 Å². The van der Waals surface area contributed by atoms with E-state index in [0.717, 1.165) is 71.9 Å². The lowest BCUT2D eigenvalue weighted by atomic mass is 9.53. The molecule has 0 heterocycles. The largest absolute Gasteiger partial charge is 0.478 e. The predicted molar refractivity (Wildman–Crippen MR) is 217 cm³/mol. The maximum Gasteiger partial charge on any atom is 0.333 e. The first-order chi connectivity index (χ1) is 29.5. The molecule has 352 valence electrons. The van der Waals surface area contributed by atoms with E-state index >= 15 is 0 Å². The number of esters is 6. The van der Waals surface area contributed by atoms with Crippen LogP contribution in [0.25, 0.3) is 0 Å². The number of aliphatic hydroxyl groups is 7. The monoisotopic (exact) mass is 898 g/mol. The summed E-state index contributed by atoms with van der Waals surface area (Å²) in [6.45, 7) is 2.44. The van der Waals surface area contributed by atoms with Crippen LogP contribution in [0.15, 0.2) is 82.0 Å². The first-order valence-corrected chi connectivity index (χ1v) is 19.0. The Morgan fingerprint density at radius 3 is 0.825 bits per heavy atom. The van der Waals surface area contributed by atoms with E-state index in [1.54, 1.807) is 0 Å². The van der Waals surface area contributed by atoms with Crippen LogP contribution >= 0.6 is 0 Å². The topological polar surface area (TPSA) is 337 Å². The summed E-state index contributed by atoms with van der Waals surface area (Å²) >= 11 is 0. The summed E-state index contributed by atoms with van der Waals surface area (Å²) < 4.78 is 30.5. The zero-order valence-electron chi connectivity index (χ0n) is 36.0. The van der Waals surface area contributed by atoms with Crippen LogP contribution in [-0.4, -0.2) is 168 Å². The quantitative estimate of drug-likeness (QED) is 0.0271. The maximum absolute atomic E-state index is 14.1. The number of hydrogen-bond acceptors (Lipinski definition) is 20. The SMILES string of the molecule is C=C(C(=O)O)C(C=C(C)C(=O)OCCO)(C=C(C)C(=O)OCCO)C(O)(C=C(C)C(=O)OCCO)C(C=C(C)C(=O)OCCO)(C=C(C)C(=O)OCCO)C=C(C)C(=O)OCCO. The van der Waals surface area contributed by atoms with Crippen LogP contribution in [0.2, 0.25) is 0 Å². The van der Waals surface area contributed by atoms with Crippen LogP contribution in [0.1, 0.15) is 41.5 Å². The van der Waals surface area contributed by atoms with Crippen LogP contribution < -0.4 is 0 Å². The molecule has 63 heavy (non-hydrogen) atoms. The smallest absolute Gasteiger partial charge is 0.333 e. The van der Waals surface area contributed by atoms with Gasteiger partial charge in [-0.3, -0.25) is 0 Å². The molecule has 0 saturated carbocycles. The van der Waals surface area contributed by atoms with Gasteiger partial charge in [-0.1, -0.05) is 37.0 Å². The normalized spacial score (nSPS) is 15.8. The molecule has 21 heteroatoms. The van der Waals surface area contributed by atoms with Crippen molar-refractivity contribution in [1.82, 2.24) is 0 Å². The lowest BCUT2D eigenvalue weighted by molar-refractivity contribution is -0.142. The van der Waals surface area contributed by atoms with Gasteiger partial charge < -0.3 is 69.3 Å². The number of aliphatic hydroxyl groups excluding tert-OH is 6. The fraction of sp³-hybridized carbons (Fsp3) is 0.500. The van der Waals surface area contributed by atoms with Gasteiger partial charge in [-0.2, -0.15) is 0 Å². The van der Waals surface area contributed by atoms with E-state index in [2.05, 4.69) is 6.58 Å². The van der Waals surface area contributed by atoms with Crippen molar-refractivity contribution in [3.05, 3.63) is 82.0 Å². The predicted octanol–water partition coefficient (Wildman–Crippen LogP) is -0.778. The second-order valence-corrected chi connectivity index (χ2v) is 13.5. The highest BCUT2D eigenvalue weighted by Crippen LogP contribution is 2.56. The van der Waals surface area contributed by atoms with Crippen molar-refractivity contribution in [3.8, 4) is 0 Å². The molecule has 0 aromatic carbocycles. The van der Waals surface area contributed by atoms with Gasteiger partial charge in [0, 0.05) is 39.0 Å². The Kier molecular flexibility index (Phi) is 25.4. The number of ether oxygens (including phenoxy) is 6. The van der Waals surface area contributed by atoms with E-state index in [-0.39, 0.29) is 0 Å². The molecule has 0 fully saturated rings. The number of aliphatic carboxylic acids is 1. The Morgan fingerprint density at radius 2 is 0.619 bits per heavy atom. The molecule has 0 bridgehead atoms. The minimum Gasteiger partial charge on any atom is -0.478 e. The third kappa shape index (κ3) is 16.4. The van der Waals surface area contributed by atoms with Crippen molar-refractivity contribution in [2.45, 2.75) is 47.1 Å². The van der Waals surface area contributed by atoms with E-state index in [0.29, 0.717) is 6.08 Å². The fourth-order valence-electron chi connectivity index (χ4n) is 5.84. The summed E-state index contributed by atoms with van der Waals surface area (Å²) in [7, 11) is 0. The molecule has 1 atom stereocenters. The lowest BCUT2D eigenvalue weighted by Gasteiger charge is -2.52. The molecule has 0 saturated heterocycles. The minimum atomic E-state index is -3.48. The van der Waals surface area contributed by atoms with Crippen LogP contribution in [-0.2, 0) is 62.0 Å². The Labute approximate surface area is 363 Å². The van der Waals surface area contributed by atoms with Crippen molar-refractivity contribution >= 4 is 41.8 Å². The Hall–Kier alpha value is -5.81. The molecule has 0 aromatic heterocycles. The molecular weight excluding hydrogens is 840 g/mol. The number of hydrogen-bond donors (Lipinski definition) is 8. The second-order valence-electron chi connectivity index (χ2n) is 13.5. The Bertz CT molecular complexity index is 1720. The number of carbonyl (C=O) groups is 7. The van der Waals surface area contributed by atoms with Crippen LogP contribution in [0, 0.1) is 10.8 Å². The van der Waals surface area contributed by atoms with Gasteiger partial charge in [0.05, 0.1) is 50.5 Å². The first kappa shape index (κ1) is 57.2. The standard InChI is InChI=1S/C42H58O21/c1-26(34(51)58-14-8-43)20-40(21-27(2)35(52)59-15-9-44,22-28(3)36(53)60-16-10-45)42(57,25-31(6)39(56)63-19-13-48)41(32(7)33(49)50,23-29(4)37(54)61-17-11-46)24-30(5)38(55)62-18-12-47/h20-25,43-48,57H,7-19H2,1-6H3,(H,49,50). The molecule has 8 N–H and O–H groups in total. The summed E-state index contributed by atoms with van der Waals surface area (Å²) in [4.78, 5) is 94.5. The summed E-state index contributed by atoms with van der Waals surface area (Å²) in [5.74, 6) is -9.42. The third-order valence-electron chi connectivity index (χ3n) is 8.61. The van der Waals surface area contributed by atoms with Gasteiger partial charge in [-0.25, -0.2) is 33.6 Å². The Morgan fingerprint density at radius 1 is 0.413 bits per heavy atom. The summed E-state index contributed by atoms with van der Waals surface area (Å²) in [6, 6.07) is 0. The van der Waals surface area contributed by atoms with E-state index in [1.807, 2.05) is 0 Å². The molecule has 0 aromatic rings. The minimum absolute atomic E-state index is 0.516. The zero-order valence-corrected chi connectivity index (χ0v) is 36.0.